The minimum absolute atomic E-state index is 0.0102. The molecule has 0 saturated carbocycles. The van der Waals surface area contributed by atoms with E-state index in [1.165, 1.54) is 14.1 Å². The highest BCUT2D eigenvalue weighted by molar-refractivity contribution is 6.01. The number of nitrogens with zero attached hydrogens (tertiary/aromatic N) is 3. The van der Waals surface area contributed by atoms with Gasteiger partial charge < -0.3 is 15.2 Å². The van der Waals surface area contributed by atoms with Crippen LogP contribution >= 0.6 is 0 Å². The Morgan fingerprint density at radius 1 is 1.14 bits per heavy atom. The summed E-state index contributed by atoms with van der Waals surface area (Å²) in [6.07, 6.45) is 0. The van der Waals surface area contributed by atoms with Gasteiger partial charge in [-0.15, -0.1) is 0 Å². The molecule has 0 atom stereocenters. The van der Waals surface area contributed by atoms with Crippen LogP contribution in [0.3, 0.4) is 0 Å². The molecule has 29 heavy (non-hydrogen) atoms. The number of likely N-dealkylation sites (N-methyl/N-ethyl adjacent to an activating group) is 1. The molecule has 0 aliphatic heterocycles. The fraction of sp³-hybridized carbons (Fsp3) is 0.450. The number of hydrogen-bond acceptors (Lipinski definition) is 7. The van der Waals surface area contributed by atoms with E-state index < -0.39 is 17.0 Å². The summed E-state index contributed by atoms with van der Waals surface area (Å²) < 4.78 is 12.9. The summed E-state index contributed by atoms with van der Waals surface area (Å²) in [6, 6.07) is 5.59. The fourth-order valence-electron chi connectivity index (χ4n) is 3.03. The van der Waals surface area contributed by atoms with E-state index in [9.17, 15) is 14.4 Å². The van der Waals surface area contributed by atoms with Gasteiger partial charge in [-0.05, 0) is 31.2 Å². The zero-order valence-electron chi connectivity index (χ0n) is 17.5. The summed E-state index contributed by atoms with van der Waals surface area (Å²) in [7, 11) is 4.32. The highest BCUT2D eigenvalue weighted by Crippen LogP contribution is 2.28. The van der Waals surface area contributed by atoms with Gasteiger partial charge in [-0.2, -0.15) is 0 Å². The van der Waals surface area contributed by atoms with Crippen LogP contribution in [0.2, 0.25) is 0 Å². The molecule has 2 aromatic rings. The van der Waals surface area contributed by atoms with Crippen LogP contribution in [0, 0.1) is 0 Å². The van der Waals surface area contributed by atoms with Crippen LogP contribution in [-0.4, -0.2) is 46.6 Å². The Kier molecular flexibility index (Phi) is 7.22. The smallest absolute Gasteiger partial charge is 0.332 e. The molecule has 158 valence electrons. The Balaban J connectivity index is 2.26. The predicted molar refractivity (Wildman–Crippen MR) is 111 cm³/mol. The standard InChI is InChI=1S/C20H28N4O5/c1-6-24(11-13-8-9-15(29-7-2)16(10-13)28-5)12-14(25)17-18(21)22(3)20(27)23(4)19(17)26/h8-10H,6-7,11-12,21H2,1-5H3. The van der Waals surface area contributed by atoms with Crippen LogP contribution in [0.4, 0.5) is 5.82 Å². The van der Waals surface area contributed by atoms with Gasteiger partial charge in [0.25, 0.3) is 5.56 Å². The number of aromatic nitrogens is 2. The first-order valence-electron chi connectivity index (χ1n) is 9.35. The van der Waals surface area contributed by atoms with Crippen molar-refractivity contribution in [3.05, 3.63) is 50.2 Å². The highest BCUT2D eigenvalue weighted by Gasteiger charge is 2.22. The van der Waals surface area contributed by atoms with Crippen molar-refractivity contribution in [1.29, 1.82) is 0 Å². The molecule has 9 heteroatoms. The number of nitrogen functional groups attached to an aromatic ring is 1. The largest absolute Gasteiger partial charge is 0.493 e. The second-order valence-corrected chi connectivity index (χ2v) is 6.61. The molecule has 1 aromatic carbocycles. The van der Waals surface area contributed by atoms with E-state index in [0.717, 1.165) is 14.7 Å². The third kappa shape index (κ3) is 4.68. The molecule has 1 aromatic heterocycles. The van der Waals surface area contributed by atoms with E-state index >= 15 is 0 Å². The van der Waals surface area contributed by atoms with Gasteiger partial charge in [-0.3, -0.25) is 23.6 Å². The molecule has 0 aliphatic carbocycles. The van der Waals surface area contributed by atoms with Gasteiger partial charge in [0.2, 0.25) is 0 Å². The maximum atomic E-state index is 12.8. The summed E-state index contributed by atoms with van der Waals surface area (Å²) in [5.74, 6) is 0.711. The van der Waals surface area contributed by atoms with Gasteiger partial charge in [0.05, 0.1) is 20.3 Å². The Morgan fingerprint density at radius 3 is 2.41 bits per heavy atom. The topological polar surface area (TPSA) is 109 Å². The van der Waals surface area contributed by atoms with Crippen molar-refractivity contribution < 1.29 is 14.3 Å². The van der Waals surface area contributed by atoms with Gasteiger partial charge in [0, 0.05) is 20.6 Å². The SMILES string of the molecule is CCOc1ccc(CN(CC)CC(=O)c2c(N)n(C)c(=O)n(C)c2=O)cc1OC. The van der Waals surface area contributed by atoms with E-state index in [0.29, 0.717) is 31.2 Å². The quantitative estimate of drug-likeness (QED) is 0.615. The predicted octanol–water partition coefficient (Wildman–Crippen LogP) is 0.778. The summed E-state index contributed by atoms with van der Waals surface area (Å²) in [4.78, 5) is 39.1. The number of nitrogens with two attached hydrogens (primary N) is 1. The minimum atomic E-state index is -0.686. The van der Waals surface area contributed by atoms with E-state index in [1.54, 1.807) is 7.11 Å². The minimum Gasteiger partial charge on any atom is -0.493 e. The molecule has 0 fully saturated rings. The Bertz CT molecular complexity index is 1010. The van der Waals surface area contributed by atoms with Gasteiger partial charge >= 0.3 is 5.69 Å². The van der Waals surface area contributed by atoms with Gasteiger partial charge in [-0.1, -0.05) is 13.0 Å². The number of methoxy groups -OCH3 is 1. The number of carbonyl (C=O) groups is 1. The van der Waals surface area contributed by atoms with Crippen LogP contribution in [0.25, 0.3) is 0 Å². The summed E-state index contributed by atoms with van der Waals surface area (Å²) in [5.41, 5.74) is 5.39. The van der Waals surface area contributed by atoms with Crippen molar-refractivity contribution in [2.45, 2.75) is 20.4 Å². The third-order valence-electron chi connectivity index (χ3n) is 4.74. The Labute approximate surface area is 169 Å². The number of ketones is 1. The van der Waals surface area contributed by atoms with Crippen molar-refractivity contribution in [1.82, 2.24) is 14.0 Å². The molecule has 0 saturated heterocycles. The Hall–Kier alpha value is -3.07. The highest BCUT2D eigenvalue weighted by atomic mass is 16.5. The number of ether oxygens (including phenoxy) is 2. The lowest BCUT2D eigenvalue weighted by atomic mass is 10.1. The second kappa shape index (κ2) is 9.42. The third-order valence-corrected chi connectivity index (χ3v) is 4.74. The average Bonchev–Trinajstić information content (AvgIpc) is 2.71. The first kappa shape index (κ1) is 22.2. The maximum absolute atomic E-state index is 12.8. The lowest BCUT2D eigenvalue weighted by molar-refractivity contribution is 0.0927. The summed E-state index contributed by atoms with van der Waals surface area (Å²) in [6.45, 7) is 5.38. The summed E-state index contributed by atoms with van der Waals surface area (Å²) >= 11 is 0. The van der Waals surface area contributed by atoms with Gasteiger partial charge in [-0.25, -0.2) is 4.79 Å². The zero-order valence-corrected chi connectivity index (χ0v) is 17.5. The van der Waals surface area contributed by atoms with E-state index in [4.69, 9.17) is 15.2 Å². The van der Waals surface area contributed by atoms with Crippen LogP contribution in [-0.2, 0) is 20.6 Å². The van der Waals surface area contributed by atoms with Crippen molar-refractivity contribution >= 4 is 11.6 Å². The van der Waals surface area contributed by atoms with Crippen LogP contribution in [0.5, 0.6) is 11.5 Å². The van der Waals surface area contributed by atoms with Crippen LogP contribution in [0.1, 0.15) is 29.8 Å². The van der Waals surface area contributed by atoms with Crippen LogP contribution in [0.15, 0.2) is 27.8 Å². The second-order valence-electron chi connectivity index (χ2n) is 6.61. The van der Waals surface area contributed by atoms with E-state index in [1.807, 2.05) is 36.9 Å². The molecule has 0 radical (unpaired) electrons. The van der Waals surface area contributed by atoms with Crippen molar-refractivity contribution in [3.63, 3.8) is 0 Å². The lowest BCUT2D eigenvalue weighted by Gasteiger charge is -2.21. The first-order valence-corrected chi connectivity index (χ1v) is 9.35. The Morgan fingerprint density at radius 2 is 1.83 bits per heavy atom. The van der Waals surface area contributed by atoms with E-state index in [2.05, 4.69) is 0 Å². The molecule has 0 amide bonds. The van der Waals surface area contributed by atoms with Crippen molar-refractivity contribution in [3.8, 4) is 11.5 Å². The van der Waals surface area contributed by atoms with Crippen molar-refractivity contribution in [2.75, 3.05) is 32.5 Å². The number of rotatable bonds is 9. The number of carbonyl (C=O) groups excluding carboxylic acids is 1. The first-order chi connectivity index (χ1) is 13.7. The van der Waals surface area contributed by atoms with E-state index in [-0.39, 0.29) is 17.9 Å². The fourth-order valence-corrected chi connectivity index (χ4v) is 3.03. The number of benzene rings is 1. The molecule has 0 unspecified atom stereocenters. The molecule has 0 spiro atoms. The molecule has 2 N–H and O–H groups in total. The molecule has 9 nitrogen and oxygen atoms in total. The molecule has 1 heterocycles. The number of hydrogen-bond donors (Lipinski definition) is 1. The molecule has 0 aliphatic rings. The summed E-state index contributed by atoms with van der Waals surface area (Å²) in [5, 5.41) is 0. The number of Topliss-reactive ketones (excluding diaryl/α,β-unsaturated/α-hetero) is 1. The monoisotopic (exact) mass is 404 g/mol. The normalized spacial score (nSPS) is 11.0. The zero-order chi connectivity index (χ0) is 21.7. The maximum Gasteiger partial charge on any atom is 0.332 e. The molecular weight excluding hydrogens is 376 g/mol. The lowest BCUT2D eigenvalue weighted by Crippen LogP contribution is -2.43. The number of anilines is 1. The molecule has 0 bridgehead atoms. The average molecular weight is 404 g/mol. The molecular formula is C20H28N4O5. The van der Waals surface area contributed by atoms with Gasteiger partial charge in [0.1, 0.15) is 11.4 Å². The van der Waals surface area contributed by atoms with Gasteiger partial charge in [0.15, 0.2) is 17.3 Å². The molecule has 2 rings (SSSR count). The van der Waals surface area contributed by atoms with Crippen LogP contribution < -0.4 is 26.5 Å². The van der Waals surface area contributed by atoms with Crippen molar-refractivity contribution in [2.24, 2.45) is 14.1 Å².